The Balaban J connectivity index is 1.61. The number of thioether (sulfide) groups is 1. The highest BCUT2D eigenvalue weighted by atomic mass is 32.2. The van der Waals surface area contributed by atoms with Crippen molar-refractivity contribution >= 4 is 29.3 Å². The summed E-state index contributed by atoms with van der Waals surface area (Å²) in [6.07, 6.45) is 0.427. The molecule has 2 aromatic rings. The van der Waals surface area contributed by atoms with Crippen LogP contribution in [0.5, 0.6) is 0 Å². The maximum atomic E-state index is 13.5. The fraction of sp³-hybridized carbons (Fsp3) is 0.176. The van der Waals surface area contributed by atoms with Gasteiger partial charge in [0.25, 0.3) is 5.91 Å². The highest BCUT2D eigenvalue weighted by molar-refractivity contribution is 8.00. The Morgan fingerprint density at radius 3 is 2.91 bits per heavy atom. The fourth-order valence-electron chi connectivity index (χ4n) is 2.34. The fourth-order valence-corrected chi connectivity index (χ4v) is 3.13. The van der Waals surface area contributed by atoms with Crippen molar-refractivity contribution in [2.24, 2.45) is 0 Å². The molecule has 23 heavy (non-hydrogen) atoms. The number of nitrogens with one attached hydrogen (secondary N) is 2. The van der Waals surface area contributed by atoms with E-state index >= 15 is 0 Å². The number of hydrogen-bond donors (Lipinski definition) is 2. The van der Waals surface area contributed by atoms with Crippen molar-refractivity contribution in [3.8, 4) is 0 Å². The summed E-state index contributed by atoms with van der Waals surface area (Å²) >= 11 is 1.45. The summed E-state index contributed by atoms with van der Waals surface area (Å²) in [5.41, 5.74) is 1.70. The highest BCUT2D eigenvalue weighted by Gasteiger charge is 2.17. The van der Waals surface area contributed by atoms with E-state index in [1.165, 1.54) is 17.8 Å². The Bertz CT molecular complexity index is 764. The third-order valence-corrected chi connectivity index (χ3v) is 4.59. The number of anilines is 1. The summed E-state index contributed by atoms with van der Waals surface area (Å²) < 4.78 is 13.5. The zero-order chi connectivity index (χ0) is 16.2. The molecule has 1 heterocycles. The van der Waals surface area contributed by atoms with Crippen LogP contribution in [0.4, 0.5) is 10.1 Å². The van der Waals surface area contributed by atoms with Crippen molar-refractivity contribution in [2.45, 2.75) is 11.3 Å². The molecule has 6 heteroatoms. The van der Waals surface area contributed by atoms with Gasteiger partial charge in [-0.3, -0.25) is 9.59 Å². The molecule has 0 fully saturated rings. The van der Waals surface area contributed by atoms with Gasteiger partial charge >= 0.3 is 0 Å². The van der Waals surface area contributed by atoms with Gasteiger partial charge in [-0.25, -0.2) is 4.39 Å². The highest BCUT2D eigenvalue weighted by Crippen LogP contribution is 2.31. The molecule has 0 aromatic heterocycles. The molecule has 0 atom stereocenters. The lowest BCUT2D eigenvalue weighted by Gasteiger charge is -2.17. The van der Waals surface area contributed by atoms with Crippen LogP contribution in [0.15, 0.2) is 47.4 Å². The average molecular weight is 330 g/mol. The first-order valence-electron chi connectivity index (χ1n) is 7.22. The van der Waals surface area contributed by atoms with Crippen LogP contribution in [0.1, 0.15) is 15.9 Å². The minimum Gasteiger partial charge on any atom is -0.352 e. The molecule has 0 saturated heterocycles. The summed E-state index contributed by atoms with van der Waals surface area (Å²) in [4.78, 5) is 24.5. The van der Waals surface area contributed by atoms with Crippen LogP contribution < -0.4 is 10.6 Å². The Kier molecular flexibility index (Phi) is 4.62. The smallest absolute Gasteiger partial charge is 0.251 e. The number of rotatable bonds is 4. The van der Waals surface area contributed by atoms with Crippen LogP contribution >= 0.6 is 11.8 Å². The zero-order valence-corrected chi connectivity index (χ0v) is 13.1. The number of carbonyl (C=O) groups is 2. The van der Waals surface area contributed by atoms with Gasteiger partial charge in [0.05, 0.1) is 11.4 Å². The Morgan fingerprint density at radius 1 is 1.26 bits per heavy atom. The number of hydrogen-bond acceptors (Lipinski definition) is 3. The molecule has 0 aliphatic carbocycles. The lowest BCUT2D eigenvalue weighted by Crippen LogP contribution is -2.26. The quantitative estimate of drug-likeness (QED) is 0.906. The van der Waals surface area contributed by atoms with Crippen molar-refractivity contribution in [3.63, 3.8) is 0 Å². The van der Waals surface area contributed by atoms with Crippen LogP contribution in [0, 0.1) is 5.82 Å². The molecule has 1 aliphatic rings. The van der Waals surface area contributed by atoms with E-state index in [1.54, 1.807) is 30.3 Å². The summed E-state index contributed by atoms with van der Waals surface area (Å²) in [6.45, 7) is 0.345. The van der Waals surface area contributed by atoms with Crippen LogP contribution in [0.2, 0.25) is 0 Å². The Morgan fingerprint density at radius 2 is 2.09 bits per heavy atom. The van der Waals surface area contributed by atoms with Gasteiger partial charge in [-0.15, -0.1) is 11.8 Å². The molecule has 2 aromatic carbocycles. The van der Waals surface area contributed by atoms with E-state index in [2.05, 4.69) is 10.6 Å². The SMILES string of the molecule is O=C1CSc2ccc(C(=O)NCCc3ccccc3F)cc2N1. The summed E-state index contributed by atoms with van der Waals surface area (Å²) in [5, 5.41) is 5.52. The van der Waals surface area contributed by atoms with Gasteiger partial charge in [0.2, 0.25) is 5.91 Å². The van der Waals surface area contributed by atoms with Crippen LogP contribution in [-0.2, 0) is 11.2 Å². The molecular weight excluding hydrogens is 315 g/mol. The third-order valence-electron chi connectivity index (χ3n) is 3.51. The number of fused-ring (bicyclic) bond motifs is 1. The first-order valence-corrected chi connectivity index (χ1v) is 8.20. The second-order valence-corrected chi connectivity index (χ2v) is 6.16. The van der Waals surface area contributed by atoms with E-state index in [1.807, 2.05) is 6.07 Å². The van der Waals surface area contributed by atoms with Crippen molar-refractivity contribution in [1.29, 1.82) is 0 Å². The molecule has 0 saturated carbocycles. The maximum Gasteiger partial charge on any atom is 0.251 e. The summed E-state index contributed by atoms with van der Waals surface area (Å²) in [7, 11) is 0. The first kappa shape index (κ1) is 15.6. The molecular formula is C17H15FN2O2S. The van der Waals surface area contributed by atoms with Gasteiger partial charge in [-0.1, -0.05) is 18.2 Å². The zero-order valence-electron chi connectivity index (χ0n) is 12.3. The summed E-state index contributed by atoms with van der Waals surface area (Å²) in [6, 6.07) is 11.7. The number of benzene rings is 2. The van der Waals surface area contributed by atoms with E-state index in [-0.39, 0.29) is 17.6 Å². The average Bonchev–Trinajstić information content (AvgIpc) is 2.55. The topological polar surface area (TPSA) is 58.2 Å². The van der Waals surface area contributed by atoms with Crippen molar-refractivity contribution in [1.82, 2.24) is 5.32 Å². The van der Waals surface area contributed by atoms with Gasteiger partial charge in [0, 0.05) is 17.0 Å². The van der Waals surface area contributed by atoms with E-state index in [9.17, 15) is 14.0 Å². The molecule has 1 aliphatic heterocycles. The monoisotopic (exact) mass is 330 g/mol. The molecule has 3 rings (SSSR count). The first-order chi connectivity index (χ1) is 11.1. The number of carbonyl (C=O) groups excluding carboxylic acids is 2. The molecule has 0 radical (unpaired) electrons. The van der Waals surface area contributed by atoms with Gasteiger partial charge in [0.15, 0.2) is 0 Å². The second-order valence-electron chi connectivity index (χ2n) is 5.15. The van der Waals surface area contributed by atoms with Gasteiger partial charge in [0.1, 0.15) is 5.82 Å². The second kappa shape index (κ2) is 6.83. The molecule has 118 valence electrons. The van der Waals surface area contributed by atoms with Gasteiger partial charge in [-0.05, 0) is 36.2 Å². The number of halogens is 1. The van der Waals surface area contributed by atoms with Gasteiger partial charge in [-0.2, -0.15) is 0 Å². The molecule has 2 N–H and O–H groups in total. The van der Waals surface area contributed by atoms with Gasteiger partial charge < -0.3 is 10.6 Å². The van der Waals surface area contributed by atoms with E-state index < -0.39 is 0 Å². The molecule has 0 unspecified atom stereocenters. The normalized spacial score (nSPS) is 13.2. The van der Waals surface area contributed by atoms with Crippen LogP contribution in [0.3, 0.4) is 0 Å². The molecule has 0 spiro atoms. The lowest BCUT2D eigenvalue weighted by molar-refractivity contribution is -0.113. The Labute approximate surface area is 137 Å². The third kappa shape index (κ3) is 3.71. The van der Waals surface area contributed by atoms with Crippen LogP contribution in [0.25, 0.3) is 0 Å². The Hall–Kier alpha value is -2.34. The van der Waals surface area contributed by atoms with E-state index in [0.29, 0.717) is 35.5 Å². The lowest BCUT2D eigenvalue weighted by atomic mass is 10.1. The largest absolute Gasteiger partial charge is 0.352 e. The maximum absolute atomic E-state index is 13.5. The van der Waals surface area contributed by atoms with Crippen molar-refractivity contribution < 1.29 is 14.0 Å². The van der Waals surface area contributed by atoms with Crippen LogP contribution in [-0.4, -0.2) is 24.1 Å². The van der Waals surface area contributed by atoms with E-state index in [4.69, 9.17) is 0 Å². The van der Waals surface area contributed by atoms with Crippen molar-refractivity contribution in [2.75, 3.05) is 17.6 Å². The minimum atomic E-state index is -0.268. The van der Waals surface area contributed by atoms with Crippen molar-refractivity contribution in [3.05, 3.63) is 59.4 Å². The summed E-state index contributed by atoms with van der Waals surface area (Å²) in [5.74, 6) is -0.190. The molecule has 2 amide bonds. The minimum absolute atomic E-state index is 0.0698. The van der Waals surface area contributed by atoms with E-state index in [0.717, 1.165) is 4.90 Å². The number of amides is 2. The predicted octanol–water partition coefficient (Wildman–Crippen LogP) is 2.84. The molecule has 4 nitrogen and oxygen atoms in total. The predicted molar refractivity (Wildman–Crippen MR) is 88.2 cm³/mol. The molecule has 0 bridgehead atoms. The standard InChI is InChI=1S/C17H15FN2O2S/c18-13-4-2-1-3-11(13)7-8-19-17(22)12-5-6-15-14(9-12)20-16(21)10-23-15/h1-6,9H,7-8,10H2,(H,19,22)(H,20,21).